The number of carboxylic acid groups (broad SMARTS) is 1. The van der Waals surface area contributed by atoms with Gasteiger partial charge in [0.2, 0.25) is 17.7 Å². The van der Waals surface area contributed by atoms with Crippen molar-refractivity contribution in [2.24, 2.45) is 11.5 Å². The van der Waals surface area contributed by atoms with Gasteiger partial charge in [-0.25, -0.2) is 4.79 Å². The van der Waals surface area contributed by atoms with Gasteiger partial charge in [0, 0.05) is 12.8 Å². The van der Waals surface area contributed by atoms with Gasteiger partial charge < -0.3 is 42.7 Å². The molecule has 0 fully saturated rings. The Bertz CT molecular complexity index is 1080. The van der Waals surface area contributed by atoms with Gasteiger partial charge in [0.15, 0.2) is 0 Å². The minimum absolute atomic E-state index is 0.00319. The van der Waals surface area contributed by atoms with E-state index in [-0.39, 0.29) is 18.6 Å². The number of hydrogen-bond acceptors (Lipinski definition) is 8. The van der Waals surface area contributed by atoms with Crippen molar-refractivity contribution in [2.75, 3.05) is 13.2 Å². The highest BCUT2D eigenvalue weighted by atomic mass is 16.4. The van der Waals surface area contributed by atoms with Crippen LogP contribution >= 0.6 is 0 Å². The fourth-order valence-electron chi connectivity index (χ4n) is 3.78. The average molecular weight is 544 g/mol. The number of carbonyl (C=O) groups excluding carboxylic acids is 3. The Morgan fingerprint density at radius 1 is 0.744 bits per heavy atom. The molecule has 0 radical (unpaired) electrons. The molecule has 0 bridgehead atoms. The largest absolute Gasteiger partial charge is 0.508 e. The Kier molecular flexibility index (Phi) is 12.9. The number of benzene rings is 2. The summed E-state index contributed by atoms with van der Waals surface area (Å²) in [4.78, 5) is 50.5. The molecule has 10 N–H and O–H groups in total. The summed E-state index contributed by atoms with van der Waals surface area (Å²) >= 11 is 0. The molecule has 4 atom stereocenters. The summed E-state index contributed by atoms with van der Waals surface area (Å²) in [5, 5.41) is 36.4. The van der Waals surface area contributed by atoms with Gasteiger partial charge in [-0.15, -0.1) is 0 Å². The van der Waals surface area contributed by atoms with Crippen molar-refractivity contribution >= 4 is 23.7 Å². The normalized spacial score (nSPS) is 13.9. The Labute approximate surface area is 226 Å². The fraction of sp³-hybridized carbons (Fsp3) is 0.407. The number of amides is 3. The van der Waals surface area contributed by atoms with E-state index in [0.717, 1.165) is 0 Å². The van der Waals surface area contributed by atoms with Crippen LogP contribution in [0.3, 0.4) is 0 Å². The second-order valence-electron chi connectivity index (χ2n) is 9.16. The molecule has 0 saturated heterocycles. The summed E-state index contributed by atoms with van der Waals surface area (Å²) in [6.07, 6.45) is 1.59. The second kappa shape index (κ2) is 16.1. The van der Waals surface area contributed by atoms with Crippen molar-refractivity contribution in [1.29, 1.82) is 0 Å². The molecular weight excluding hydrogens is 506 g/mol. The highest BCUT2D eigenvalue weighted by Gasteiger charge is 2.30. The lowest BCUT2D eigenvalue weighted by atomic mass is 10.0. The van der Waals surface area contributed by atoms with Crippen LogP contribution in [0.15, 0.2) is 54.6 Å². The van der Waals surface area contributed by atoms with Crippen molar-refractivity contribution < 1.29 is 34.5 Å². The van der Waals surface area contributed by atoms with Gasteiger partial charge in [-0.05, 0) is 42.6 Å². The topological polar surface area (TPSA) is 217 Å². The lowest BCUT2D eigenvalue weighted by Crippen LogP contribution is -2.58. The number of phenols is 1. The third kappa shape index (κ3) is 10.7. The van der Waals surface area contributed by atoms with E-state index in [4.69, 9.17) is 11.5 Å². The van der Waals surface area contributed by atoms with E-state index in [1.807, 2.05) is 0 Å². The molecule has 12 heteroatoms. The first kappa shape index (κ1) is 31.2. The lowest BCUT2D eigenvalue weighted by Gasteiger charge is -2.24. The second-order valence-corrected chi connectivity index (χ2v) is 9.16. The molecule has 2 rings (SSSR count). The minimum atomic E-state index is -1.40. The molecule has 0 spiro atoms. The molecule has 0 heterocycles. The van der Waals surface area contributed by atoms with Crippen LogP contribution in [0.5, 0.6) is 5.75 Å². The van der Waals surface area contributed by atoms with Crippen LogP contribution < -0.4 is 27.4 Å². The van der Waals surface area contributed by atoms with Crippen molar-refractivity contribution in [3.05, 3.63) is 65.7 Å². The van der Waals surface area contributed by atoms with Crippen LogP contribution in [0.4, 0.5) is 0 Å². The molecule has 0 aliphatic heterocycles. The number of aromatic hydroxyl groups is 1. The van der Waals surface area contributed by atoms with Crippen LogP contribution in [0.25, 0.3) is 0 Å². The zero-order valence-corrected chi connectivity index (χ0v) is 21.6. The molecule has 4 unspecified atom stereocenters. The van der Waals surface area contributed by atoms with E-state index in [2.05, 4.69) is 16.0 Å². The summed E-state index contributed by atoms with van der Waals surface area (Å²) in [6.45, 7) is -0.305. The lowest BCUT2D eigenvalue weighted by molar-refractivity contribution is -0.142. The number of aliphatic hydroxyl groups excluding tert-OH is 1. The van der Waals surface area contributed by atoms with E-state index in [1.165, 1.54) is 12.1 Å². The van der Waals surface area contributed by atoms with Gasteiger partial charge in [0.05, 0.1) is 12.6 Å². The van der Waals surface area contributed by atoms with Gasteiger partial charge in [-0.3, -0.25) is 14.4 Å². The van der Waals surface area contributed by atoms with Gasteiger partial charge in [0.1, 0.15) is 23.9 Å². The number of aliphatic hydroxyl groups is 1. The molecule has 212 valence electrons. The molecule has 2 aromatic carbocycles. The molecule has 0 aromatic heterocycles. The highest BCUT2D eigenvalue weighted by molar-refractivity contribution is 5.94. The molecule has 39 heavy (non-hydrogen) atoms. The number of aliphatic carboxylic acids is 1. The number of hydrogen-bond donors (Lipinski definition) is 8. The number of unbranched alkanes of at least 4 members (excludes halogenated alkanes) is 1. The average Bonchev–Trinajstić information content (AvgIpc) is 2.92. The molecular formula is C27H37N5O7. The summed E-state index contributed by atoms with van der Waals surface area (Å²) in [5.41, 5.74) is 12.6. The predicted octanol–water partition coefficient (Wildman–Crippen LogP) is -0.835. The van der Waals surface area contributed by atoms with Gasteiger partial charge in [-0.1, -0.05) is 48.9 Å². The molecule has 2 aromatic rings. The Balaban J connectivity index is 2.16. The van der Waals surface area contributed by atoms with E-state index in [1.54, 1.807) is 42.5 Å². The van der Waals surface area contributed by atoms with Crippen molar-refractivity contribution in [3.63, 3.8) is 0 Å². The van der Waals surface area contributed by atoms with E-state index in [0.29, 0.717) is 36.9 Å². The maximum atomic E-state index is 13.2. The minimum Gasteiger partial charge on any atom is -0.508 e. The van der Waals surface area contributed by atoms with Crippen molar-refractivity contribution in [2.45, 2.75) is 56.3 Å². The van der Waals surface area contributed by atoms with Crippen LogP contribution in [0.1, 0.15) is 30.4 Å². The monoisotopic (exact) mass is 543 g/mol. The maximum absolute atomic E-state index is 13.2. The van der Waals surface area contributed by atoms with Crippen LogP contribution in [-0.2, 0) is 32.0 Å². The summed E-state index contributed by atoms with van der Waals surface area (Å²) in [5.74, 6) is -3.53. The Hall–Kier alpha value is -4.00. The van der Waals surface area contributed by atoms with E-state index < -0.39 is 54.5 Å². The highest BCUT2D eigenvalue weighted by Crippen LogP contribution is 2.12. The molecule has 0 saturated carbocycles. The van der Waals surface area contributed by atoms with Crippen LogP contribution in [-0.4, -0.2) is 76.3 Å². The maximum Gasteiger partial charge on any atom is 0.326 e. The number of rotatable bonds is 16. The van der Waals surface area contributed by atoms with Crippen LogP contribution in [0.2, 0.25) is 0 Å². The van der Waals surface area contributed by atoms with E-state index >= 15 is 0 Å². The van der Waals surface area contributed by atoms with Crippen molar-refractivity contribution in [3.8, 4) is 5.75 Å². The quantitative estimate of drug-likeness (QED) is 0.124. The van der Waals surface area contributed by atoms with Gasteiger partial charge >= 0.3 is 5.97 Å². The summed E-state index contributed by atoms with van der Waals surface area (Å²) in [6, 6.07) is 9.80. The smallest absolute Gasteiger partial charge is 0.326 e. The third-order valence-corrected chi connectivity index (χ3v) is 6.03. The molecule has 12 nitrogen and oxygen atoms in total. The fourth-order valence-corrected chi connectivity index (χ4v) is 3.78. The molecule has 0 aliphatic carbocycles. The number of nitrogens with one attached hydrogen (secondary N) is 3. The first-order valence-electron chi connectivity index (χ1n) is 12.7. The Morgan fingerprint density at radius 2 is 1.28 bits per heavy atom. The zero-order valence-electron chi connectivity index (χ0n) is 21.6. The zero-order chi connectivity index (χ0) is 28.8. The predicted molar refractivity (Wildman–Crippen MR) is 143 cm³/mol. The molecule has 3 amide bonds. The Morgan fingerprint density at radius 3 is 1.87 bits per heavy atom. The van der Waals surface area contributed by atoms with Crippen molar-refractivity contribution in [1.82, 2.24) is 16.0 Å². The molecule has 0 aliphatic rings. The first-order valence-corrected chi connectivity index (χ1v) is 12.7. The summed E-state index contributed by atoms with van der Waals surface area (Å²) in [7, 11) is 0. The standard InChI is InChI=1S/C27H37N5O7/c28-13-5-4-8-20(29)24(35)32-23(16-33)26(37)30-21(14-18-9-11-19(34)12-10-18)25(36)31-22(27(38)39)15-17-6-2-1-3-7-17/h1-3,6-7,9-12,20-23,33-34H,4-5,8,13-16,28-29H2,(H,30,37)(H,31,36)(H,32,35)(H,38,39). The number of nitrogens with two attached hydrogens (primary N) is 2. The van der Waals surface area contributed by atoms with E-state index in [9.17, 15) is 34.5 Å². The van der Waals surface area contributed by atoms with Gasteiger partial charge in [-0.2, -0.15) is 0 Å². The number of carboxylic acids is 1. The number of phenolic OH excluding ortho intramolecular Hbond substituents is 1. The first-order chi connectivity index (χ1) is 18.6. The SMILES string of the molecule is NCCCCC(N)C(=O)NC(CO)C(=O)NC(Cc1ccc(O)cc1)C(=O)NC(Cc1ccccc1)C(=O)O. The van der Waals surface area contributed by atoms with Gasteiger partial charge in [0.25, 0.3) is 0 Å². The van der Waals surface area contributed by atoms with Crippen LogP contribution in [0, 0.1) is 0 Å². The summed E-state index contributed by atoms with van der Waals surface area (Å²) < 4.78 is 0. The number of carbonyl (C=O) groups is 4. The third-order valence-electron chi connectivity index (χ3n) is 6.03.